The highest BCUT2D eigenvalue weighted by molar-refractivity contribution is 5.91. The summed E-state index contributed by atoms with van der Waals surface area (Å²) < 4.78 is 0. The molecule has 1 aromatic carbocycles. The number of aromatic amines is 1. The van der Waals surface area contributed by atoms with Crippen molar-refractivity contribution in [3.8, 4) is 0 Å². The first-order valence-electron chi connectivity index (χ1n) is 8.12. The van der Waals surface area contributed by atoms with E-state index in [-0.39, 0.29) is 6.61 Å². The third kappa shape index (κ3) is 2.00. The minimum Gasteiger partial charge on any atom is -0.396 e. The number of nitrogens with one attached hydrogen (secondary N) is 1. The van der Waals surface area contributed by atoms with E-state index in [4.69, 9.17) is 0 Å². The van der Waals surface area contributed by atoms with E-state index in [1.165, 1.54) is 27.7 Å². The molecule has 2 aliphatic heterocycles. The molecule has 3 heterocycles. The van der Waals surface area contributed by atoms with Crippen LogP contribution in [0.4, 0.5) is 0 Å². The minimum absolute atomic E-state index is 0.268. The first-order valence-corrected chi connectivity index (χ1v) is 8.12. The van der Waals surface area contributed by atoms with Gasteiger partial charge in [-0.1, -0.05) is 29.8 Å². The molecular weight excluding hydrogens is 272 g/mol. The number of aliphatic hydroxyl groups excluding tert-OH is 1. The van der Waals surface area contributed by atoms with E-state index in [2.05, 4.69) is 59.4 Å². The summed E-state index contributed by atoms with van der Waals surface area (Å²) in [4.78, 5) is 6.07. The molecule has 0 bridgehead atoms. The standard InChI is InChI=1S/C19H22N2O/c1-2-13-12-21-9-7-16-15-5-3-4-6-17(15)20-19(16)18(21)11-14(13)8-10-22/h2-7,9,14,18,20,22H,8,10-12H2,1H3. The van der Waals surface area contributed by atoms with Gasteiger partial charge in [-0.05, 0) is 37.8 Å². The van der Waals surface area contributed by atoms with Crippen LogP contribution in [-0.4, -0.2) is 28.1 Å². The van der Waals surface area contributed by atoms with Crippen LogP contribution in [0, 0.1) is 5.92 Å². The van der Waals surface area contributed by atoms with E-state index >= 15 is 0 Å². The normalized spacial score (nSPS) is 25.5. The Kier molecular flexibility index (Phi) is 3.30. The number of benzene rings is 1. The zero-order valence-electron chi connectivity index (χ0n) is 12.9. The van der Waals surface area contributed by atoms with E-state index < -0.39 is 0 Å². The smallest absolute Gasteiger partial charge is 0.0702 e. The van der Waals surface area contributed by atoms with Crippen molar-refractivity contribution in [2.75, 3.05) is 13.2 Å². The molecule has 1 saturated heterocycles. The fourth-order valence-corrected chi connectivity index (χ4v) is 4.03. The summed E-state index contributed by atoms with van der Waals surface area (Å²) in [6.07, 6.45) is 8.65. The second-order valence-corrected chi connectivity index (χ2v) is 6.31. The van der Waals surface area contributed by atoms with Crippen LogP contribution in [0.1, 0.15) is 37.1 Å². The number of aromatic nitrogens is 1. The number of para-hydroxylation sites is 1. The molecule has 2 aromatic rings. The summed E-state index contributed by atoms with van der Waals surface area (Å²) >= 11 is 0. The van der Waals surface area contributed by atoms with Crippen molar-refractivity contribution in [2.24, 2.45) is 5.92 Å². The predicted octanol–water partition coefficient (Wildman–Crippen LogP) is 3.84. The van der Waals surface area contributed by atoms with Crippen molar-refractivity contribution in [3.05, 3.63) is 53.4 Å². The van der Waals surface area contributed by atoms with Crippen LogP contribution in [0.15, 0.2) is 42.1 Å². The van der Waals surface area contributed by atoms with Gasteiger partial charge in [0.2, 0.25) is 0 Å². The van der Waals surface area contributed by atoms with Crippen molar-refractivity contribution in [2.45, 2.75) is 25.8 Å². The van der Waals surface area contributed by atoms with Crippen LogP contribution in [0.2, 0.25) is 0 Å². The van der Waals surface area contributed by atoms with E-state index in [9.17, 15) is 5.11 Å². The van der Waals surface area contributed by atoms with Crippen molar-refractivity contribution in [1.82, 2.24) is 9.88 Å². The number of fused-ring (bicyclic) bond motifs is 5. The number of rotatable bonds is 2. The monoisotopic (exact) mass is 294 g/mol. The van der Waals surface area contributed by atoms with Gasteiger partial charge in [-0.2, -0.15) is 0 Å². The van der Waals surface area contributed by atoms with Crippen LogP contribution in [0.25, 0.3) is 17.0 Å². The maximum absolute atomic E-state index is 9.37. The third-order valence-electron chi connectivity index (χ3n) is 5.19. The lowest BCUT2D eigenvalue weighted by Gasteiger charge is -2.42. The Morgan fingerprint density at radius 3 is 3.05 bits per heavy atom. The van der Waals surface area contributed by atoms with Crippen molar-refractivity contribution >= 4 is 17.0 Å². The molecule has 3 nitrogen and oxygen atoms in total. The molecule has 0 aliphatic carbocycles. The summed E-state index contributed by atoms with van der Waals surface area (Å²) in [5, 5.41) is 10.7. The number of nitrogens with zero attached hydrogens (tertiary/aromatic N) is 1. The topological polar surface area (TPSA) is 39.3 Å². The molecule has 2 unspecified atom stereocenters. The van der Waals surface area contributed by atoms with Gasteiger partial charge in [-0.3, -0.25) is 0 Å². The predicted molar refractivity (Wildman–Crippen MR) is 90.3 cm³/mol. The molecule has 2 N–H and O–H groups in total. The number of allylic oxidation sites excluding steroid dienone is 1. The number of hydrogen-bond donors (Lipinski definition) is 2. The Labute approximate surface area is 130 Å². The van der Waals surface area contributed by atoms with Crippen molar-refractivity contribution in [1.29, 1.82) is 0 Å². The van der Waals surface area contributed by atoms with Crippen LogP contribution >= 0.6 is 0 Å². The fourth-order valence-electron chi connectivity index (χ4n) is 4.03. The average Bonchev–Trinajstić information content (AvgIpc) is 2.93. The quantitative estimate of drug-likeness (QED) is 0.826. The molecule has 2 atom stereocenters. The summed E-state index contributed by atoms with van der Waals surface area (Å²) in [5.74, 6) is 0.488. The Bertz CT molecular complexity index is 756. The molecule has 0 radical (unpaired) electrons. The highest BCUT2D eigenvalue weighted by atomic mass is 16.3. The lowest BCUT2D eigenvalue weighted by Crippen LogP contribution is -2.37. The average molecular weight is 294 g/mol. The molecule has 1 fully saturated rings. The highest BCUT2D eigenvalue weighted by Gasteiger charge is 2.34. The van der Waals surface area contributed by atoms with Crippen LogP contribution in [0.5, 0.6) is 0 Å². The molecule has 2 aliphatic rings. The molecule has 22 heavy (non-hydrogen) atoms. The lowest BCUT2D eigenvalue weighted by atomic mass is 9.81. The van der Waals surface area contributed by atoms with Gasteiger partial charge < -0.3 is 15.0 Å². The molecule has 0 spiro atoms. The number of H-pyrrole nitrogens is 1. The Balaban J connectivity index is 1.77. The van der Waals surface area contributed by atoms with E-state index in [1.807, 2.05) is 0 Å². The second kappa shape index (κ2) is 5.33. The maximum atomic E-state index is 9.37. The zero-order valence-corrected chi connectivity index (χ0v) is 12.9. The summed E-state index contributed by atoms with van der Waals surface area (Å²) in [6, 6.07) is 8.92. The molecule has 4 rings (SSSR count). The highest BCUT2D eigenvalue weighted by Crippen LogP contribution is 2.43. The van der Waals surface area contributed by atoms with Crippen molar-refractivity contribution < 1.29 is 5.11 Å². The SMILES string of the molecule is CC=C1CN2C=Cc3c([nH]c4ccccc34)C2CC1CCO. The van der Waals surface area contributed by atoms with Gasteiger partial charge in [0.1, 0.15) is 0 Å². The largest absolute Gasteiger partial charge is 0.396 e. The van der Waals surface area contributed by atoms with Gasteiger partial charge in [0.15, 0.2) is 0 Å². The summed E-state index contributed by atoms with van der Waals surface area (Å²) in [7, 11) is 0. The number of hydrogen-bond acceptors (Lipinski definition) is 2. The lowest BCUT2D eigenvalue weighted by molar-refractivity contribution is 0.180. The van der Waals surface area contributed by atoms with Crippen LogP contribution < -0.4 is 0 Å². The van der Waals surface area contributed by atoms with Gasteiger partial charge >= 0.3 is 0 Å². The van der Waals surface area contributed by atoms with Gasteiger partial charge in [-0.25, -0.2) is 0 Å². The first kappa shape index (κ1) is 13.6. The van der Waals surface area contributed by atoms with E-state index in [1.54, 1.807) is 0 Å². The van der Waals surface area contributed by atoms with E-state index in [0.717, 1.165) is 19.4 Å². The molecule has 114 valence electrons. The van der Waals surface area contributed by atoms with Crippen LogP contribution in [0.3, 0.4) is 0 Å². The Morgan fingerprint density at radius 2 is 2.23 bits per heavy atom. The Morgan fingerprint density at radius 1 is 1.36 bits per heavy atom. The zero-order chi connectivity index (χ0) is 15.1. The molecule has 0 amide bonds. The third-order valence-corrected chi connectivity index (χ3v) is 5.19. The molecule has 3 heteroatoms. The van der Waals surface area contributed by atoms with Gasteiger partial charge in [0, 0.05) is 41.5 Å². The summed E-state index contributed by atoms with van der Waals surface area (Å²) in [6.45, 7) is 3.35. The number of aliphatic hydroxyl groups is 1. The van der Waals surface area contributed by atoms with Gasteiger partial charge in [0.05, 0.1) is 6.04 Å². The van der Waals surface area contributed by atoms with Crippen LogP contribution in [-0.2, 0) is 0 Å². The molecule has 1 aromatic heterocycles. The minimum atomic E-state index is 0.268. The first-order chi connectivity index (χ1) is 10.8. The Hall–Kier alpha value is -2.00. The second-order valence-electron chi connectivity index (χ2n) is 6.31. The van der Waals surface area contributed by atoms with Gasteiger partial charge in [0.25, 0.3) is 0 Å². The van der Waals surface area contributed by atoms with Gasteiger partial charge in [-0.15, -0.1) is 0 Å². The summed E-state index contributed by atoms with van der Waals surface area (Å²) in [5.41, 5.74) is 5.34. The maximum Gasteiger partial charge on any atom is 0.0702 e. The van der Waals surface area contributed by atoms with E-state index in [0.29, 0.717) is 12.0 Å². The number of piperidine rings is 1. The fraction of sp³-hybridized carbons (Fsp3) is 0.368. The van der Waals surface area contributed by atoms with Crippen molar-refractivity contribution in [3.63, 3.8) is 0 Å². The molecular formula is C19H22N2O. The molecule has 0 saturated carbocycles.